The van der Waals surface area contributed by atoms with Gasteiger partial charge < -0.3 is 9.30 Å². The number of benzene rings is 4. The third-order valence-electron chi connectivity index (χ3n) is 6.00. The molecule has 0 aliphatic heterocycles. The van der Waals surface area contributed by atoms with Crippen LogP contribution in [0.15, 0.2) is 103 Å². The molecule has 0 radical (unpaired) electrons. The van der Waals surface area contributed by atoms with Crippen LogP contribution in [0.3, 0.4) is 0 Å². The quantitative estimate of drug-likeness (QED) is 0.305. The summed E-state index contributed by atoms with van der Waals surface area (Å²) in [4.78, 5) is 0. The molecule has 1 heterocycles. The van der Waals surface area contributed by atoms with Gasteiger partial charge in [-0.3, -0.25) is 0 Å². The first-order valence-electron chi connectivity index (χ1n) is 10.6. The highest BCUT2D eigenvalue weighted by Gasteiger charge is 2.17. The number of hydrogen-bond donors (Lipinski definition) is 0. The van der Waals surface area contributed by atoms with Crippen LogP contribution in [0, 0.1) is 0 Å². The monoisotopic (exact) mass is 403 g/mol. The van der Waals surface area contributed by atoms with Crippen LogP contribution >= 0.6 is 0 Å². The van der Waals surface area contributed by atoms with Gasteiger partial charge in [-0.2, -0.15) is 0 Å². The summed E-state index contributed by atoms with van der Waals surface area (Å²) < 4.78 is 7.66. The summed E-state index contributed by atoms with van der Waals surface area (Å²) in [5.74, 6) is 0.876. The van der Waals surface area contributed by atoms with E-state index in [1.165, 1.54) is 44.4 Å². The molecule has 0 N–H and O–H groups in total. The standard InChI is InChI=1S/C29H25NO/c1-30-28-18-15-24(22-13-16-25(31-2)17-14-22)20-26(28)27(19-21-9-5-3-6-10-21)29(30)23-11-7-4-8-12-23/h3-18,20H,19H2,1-2H3. The third-order valence-corrected chi connectivity index (χ3v) is 6.00. The van der Waals surface area contributed by atoms with Crippen LogP contribution in [0.1, 0.15) is 11.1 Å². The Morgan fingerprint density at radius 3 is 2.00 bits per heavy atom. The topological polar surface area (TPSA) is 14.2 Å². The molecule has 2 heteroatoms. The minimum Gasteiger partial charge on any atom is -0.497 e. The van der Waals surface area contributed by atoms with Crippen LogP contribution in [-0.2, 0) is 13.5 Å². The van der Waals surface area contributed by atoms with Gasteiger partial charge in [0.15, 0.2) is 0 Å². The lowest BCUT2D eigenvalue weighted by atomic mass is 9.96. The molecule has 0 saturated carbocycles. The predicted molar refractivity (Wildman–Crippen MR) is 130 cm³/mol. The van der Waals surface area contributed by atoms with Crippen molar-refractivity contribution in [2.75, 3.05) is 7.11 Å². The average Bonchev–Trinajstić information content (AvgIpc) is 3.11. The van der Waals surface area contributed by atoms with Crippen LogP contribution in [0.5, 0.6) is 5.75 Å². The van der Waals surface area contributed by atoms with E-state index in [0.717, 1.165) is 12.2 Å². The summed E-state index contributed by atoms with van der Waals surface area (Å²) >= 11 is 0. The van der Waals surface area contributed by atoms with Crippen molar-refractivity contribution in [3.63, 3.8) is 0 Å². The number of hydrogen-bond acceptors (Lipinski definition) is 1. The third kappa shape index (κ3) is 3.62. The largest absolute Gasteiger partial charge is 0.497 e. The van der Waals surface area contributed by atoms with Crippen molar-refractivity contribution in [3.8, 4) is 28.1 Å². The van der Waals surface area contributed by atoms with E-state index < -0.39 is 0 Å². The maximum absolute atomic E-state index is 5.33. The summed E-state index contributed by atoms with van der Waals surface area (Å²) in [6, 6.07) is 36.5. The van der Waals surface area contributed by atoms with Gasteiger partial charge in [0, 0.05) is 24.4 Å². The molecule has 0 atom stereocenters. The second kappa shape index (κ2) is 8.16. The molecular weight excluding hydrogens is 378 g/mol. The molecule has 2 nitrogen and oxygen atoms in total. The number of aryl methyl sites for hydroxylation is 1. The van der Waals surface area contributed by atoms with Gasteiger partial charge in [0.25, 0.3) is 0 Å². The van der Waals surface area contributed by atoms with Gasteiger partial charge >= 0.3 is 0 Å². The van der Waals surface area contributed by atoms with Crippen LogP contribution < -0.4 is 4.74 Å². The Bertz CT molecular complexity index is 1320. The highest BCUT2D eigenvalue weighted by atomic mass is 16.5. The Balaban J connectivity index is 1.71. The van der Waals surface area contributed by atoms with Crippen molar-refractivity contribution in [1.29, 1.82) is 0 Å². The van der Waals surface area contributed by atoms with E-state index in [4.69, 9.17) is 4.74 Å². The number of methoxy groups -OCH3 is 1. The number of ether oxygens (including phenoxy) is 1. The van der Waals surface area contributed by atoms with E-state index in [-0.39, 0.29) is 0 Å². The number of fused-ring (bicyclic) bond motifs is 1. The SMILES string of the molecule is COc1ccc(-c2ccc3c(c2)c(Cc2ccccc2)c(-c2ccccc2)n3C)cc1. The number of aromatic nitrogens is 1. The lowest BCUT2D eigenvalue weighted by Crippen LogP contribution is -1.95. The van der Waals surface area contributed by atoms with Crippen molar-refractivity contribution in [3.05, 3.63) is 114 Å². The second-order valence-electron chi connectivity index (χ2n) is 7.88. The number of rotatable bonds is 5. The van der Waals surface area contributed by atoms with Gasteiger partial charge in [-0.15, -0.1) is 0 Å². The molecule has 0 aliphatic carbocycles. The second-order valence-corrected chi connectivity index (χ2v) is 7.88. The summed E-state index contributed by atoms with van der Waals surface area (Å²) in [6.45, 7) is 0. The summed E-state index contributed by atoms with van der Waals surface area (Å²) in [5, 5.41) is 1.30. The van der Waals surface area contributed by atoms with Crippen LogP contribution in [-0.4, -0.2) is 11.7 Å². The lowest BCUT2D eigenvalue weighted by Gasteiger charge is -2.09. The van der Waals surface area contributed by atoms with Gasteiger partial charge in [-0.1, -0.05) is 78.9 Å². The zero-order valence-electron chi connectivity index (χ0n) is 17.9. The van der Waals surface area contributed by atoms with E-state index in [2.05, 4.69) is 103 Å². The Kier molecular flexibility index (Phi) is 5.05. The molecular formula is C29H25NO. The van der Waals surface area contributed by atoms with E-state index in [1.807, 2.05) is 12.1 Å². The first-order chi connectivity index (χ1) is 15.2. The maximum Gasteiger partial charge on any atom is 0.118 e. The van der Waals surface area contributed by atoms with E-state index >= 15 is 0 Å². The normalized spacial score (nSPS) is 11.0. The highest BCUT2D eigenvalue weighted by Crippen LogP contribution is 2.37. The van der Waals surface area contributed by atoms with Crippen molar-refractivity contribution in [2.45, 2.75) is 6.42 Å². The minimum atomic E-state index is 0.876. The van der Waals surface area contributed by atoms with E-state index in [9.17, 15) is 0 Å². The fraction of sp³-hybridized carbons (Fsp3) is 0.103. The van der Waals surface area contributed by atoms with Crippen molar-refractivity contribution in [1.82, 2.24) is 4.57 Å². The Labute approximate surface area is 183 Å². The fourth-order valence-corrected chi connectivity index (χ4v) is 4.43. The molecule has 5 aromatic rings. The lowest BCUT2D eigenvalue weighted by molar-refractivity contribution is 0.415. The molecule has 1 aromatic heterocycles. The van der Waals surface area contributed by atoms with Crippen LogP contribution in [0.4, 0.5) is 0 Å². The molecule has 4 aromatic carbocycles. The van der Waals surface area contributed by atoms with Gasteiger partial charge in [0.05, 0.1) is 12.8 Å². The van der Waals surface area contributed by atoms with Crippen LogP contribution in [0.2, 0.25) is 0 Å². The molecule has 5 rings (SSSR count). The van der Waals surface area contributed by atoms with E-state index in [0.29, 0.717) is 0 Å². The smallest absolute Gasteiger partial charge is 0.118 e. The van der Waals surface area contributed by atoms with Crippen LogP contribution in [0.25, 0.3) is 33.3 Å². The summed E-state index contributed by atoms with van der Waals surface area (Å²) in [7, 11) is 3.87. The zero-order valence-corrected chi connectivity index (χ0v) is 17.9. The first-order valence-corrected chi connectivity index (χ1v) is 10.6. The molecule has 0 bridgehead atoms. The maximum atomic E-state index is 5.33. The molecule has 0 spiro atoms. The fourth-order valence-electron chi connectivity index (χ4n) is 4.43. The molecule has 152 valence electrons. The Morgan fingerprint density at radius 2 is 1.32 bits per heavy atom. The molecule has 0 saturated heterocycles. The van der Waals surface area contributed by atoms with Gasteiger partial charge in [0.1, 0.15) is 5.75 Å². The molecule has 0 aliphatic rings. The minimum absolute atomic E-state index is 0.876. The summed E-state index contributed by atoms with van der Waals surface area (Å²) in [5.41, 5.74) is 8.88. The first kappa shape index (κ1) is 19.2. The number of nitrogens with zero attached hydrogens (tertiary/aromatic N) is 1. The van der Waals surface area contributed by atoms with Crippen molar-refractivity contribution >= 4 is 10.9 Å². The Hall–Kier alpha value is -3.78. The zero-order chi connectivity index (χ0) is 21.2. The van der Waals surface area contributed by atoms with Gasteiger partial charge in [-0.05, 0) is 52.1 Å². The van der Waals surface area contributed by atoms with Crippen molar-refractivity contribution in [2.24, 2.45) is 7.05 Å². The molecule has 0 amide bonds. The molecule has 0 fully saturated rings. The van der Waals surface area contributed by atoms with Crippen molar-refractivity contribution < 1.29 is 4.74 Å². The predicted octanol–water partition coefficient (Wildman–Crippen LogP) is 7.11. The summed E-state index contributed by atoms with van der Waals surface area (Å²) in [6.07, 6.45) is 0.897. The van der Waals surface area contributed by atoms with Gasteiger partial charge in [-0.25, -0.2) is 0 Å². The van der Waals surface area contributed by atoms with E-state index in [1.54, 1.807) is 7.11 Å². The molecule has 31 heavy (non-hydrogen) atoms. The van der Waals surface area contributed by atoms with Gasteiger partial charge in [0.2, 0.25) is 0 Å². The Morgan fingerprint density at radius 1 is 0.677 bits per heavy atom. The average molecular weight is 404 g/mol. The highest BCUT2D eigenvalue weighted by molar-refractivity contribution is 5.95. The molecule has 0 unspecified atom stereocenters.